The Hall–Kier alpha value is -2.25. The molecule has 0 amide bonds. The molecule has 0 saturated carbocycles. The standard InChI is InChI=1S/C15H11ClFNO2/c1-19-15-5-2-10(6-14(15)17)9-20-12-4-3-11(8-18)13(16)7-12/h2-7H,9H2,1H3. The van der Waals surface area contributed by atoms with Gasteiger partial charge in [-0.3, -0.25) is 0 Å². The number of halogens is 2. The zero-order chi connectivity index (χ0) is 14.5. The van der Waals surface area contributed by atoms with Gasteiger partial charge in [0.25, 0.3) is 0 Å². The highest BCUT2D eigenvalue weighted by Gasteiger charge is 2.05. The van der Waals surface area contributed by atoms with Crippen LogP contribution < -0.4 is 9.47 Å². The zero-order valence-electron chi connectivity index (χ0n) is 10.7. The molecule has 5 heteroatoms. The molecule has 0 atom stereocenters. The molecule has 2 aromatic carbocycles. The summed E-state index contributed by atoms with van der Waals surface area (Å²) in [4.78, 5) is 0. The topological polar surface area (TPSA) is 42.2 Å². The largest absolute Gasteiger partial charge is 0.494 e. The van der Waals surface area contributed by atoms with Crippen LogP contribution in [0.1, 0.15) is 11.1 Å². The number of methoxy groups -OCH3 is 1. The average Bonchev–Trinajstić information content (AvgIpc) is 2.45. The lowest BCUT2D eigenvalue weighted by atomic mass is 10.2. The number of hydrogen-bond acceptors (Lipinski definition) is 3. The normalized spacial score (nSPS) is 9.90. The lowest BCUT2D eigenvalue weighted by molar-refractivity contribution is 0.304. The van der Waals surface area contributed by atoms with Crippen molar-refractivity contribution < 1.29 is 13.9 Å². The molecule has 3 nitrogen and oxygen atoms in total. The Bertz CT molecular complexity index is 667. The minimum absolute atomic E-state index is 0.190. The first-order valence-corrected chi connectivity index (χ1v) is 6.16. The molecule has 2 rings (SSSR count). The van der Waals surface area contributed by atoms with E-state index in [4.69, 9.17) is 26.3 Å². The monoisotopic (exact) mass is 291 g/mol. The maximum absolute atomic E-state index is 13.5. The van der Waals surface area contributed by atoms with Crippen LogP contribution in [0, 0.1) is 17.1 Å². The summed E-state index contributed by atoms with van der Waals surface area (Å²) < 4.78 is 23.8. The van der Waals surface area contributed by atoms with Gasteiger partial charge >= 0.3 is 0 Å². The summed E-state index contributed by atoms with van der Waals surface area (Å²) >= 11 is 5.90. The highest BCUT2D eigenvalue weighted by Crippen LogP contribution is 2.23. The third-order valence-electron chi connectivity index (χ3n) is 2.68. The second kappa shape index (κ2) is 6.27. The zero-order valence-corrected chi connectivity index (χ0v) is 11.4. The van der Waals surface area contributed by atoms with E-state index in [2.05, 4.69) is 0 Å². The van der Waals surface area contributed by atoms with E-state index in [0.717, 1.165) is 0 Å². The molecule has 0 unspecified atom stereocenters. The van der Waals surface area contributed by atoms with Crippen molar-refractivity contribution in [3.63, 3.8) is 0 Å². The van der Waals surface area contributed by atoms with Gasteiger partial charge in [-0.15, -0.1) is 0 Å². The Balaban J connectivity index is 2.07. The third kappa shape index (κ3) is 3.19. The highest BCUT2D eigenvalue weighted by molar-refractivity contribution is 6.31. The number of hydrogen-bond donors (Lipinski definition) is 0. The number of benzene rings is 2. The van der Waals surface area contributed by atoms with Crippen molar-refractivity contribution in [3.05, 3.63) is 58.4 Å². The smallest absolute Gasteiger partial charge is 0.165 e. The van der Waals surface area contributed by atoms with Crippen molar-refractivity contribution in [2.45, 2.75) is 6.61 Å². The van der Waals surface area contributed by atoms with Crippen LogP contribution in [0.15, 0.2) is 36.4 Å². The van der Waals surface area contributed by atoms with Gasteiger partial charge in [-0.25, -0.2) is 4.39 Å². The second-order valence-electron chi connectivity index (χ2n) is 4.01. The predicted octanol–water partition coefficient (Wildman–Crippen LogP) is 3.94. The van der Waals surface area contributed by atoms with Gasteiger partial charge < -0.3 is 9.47 Å². The van der Waals surface area contributed by atoms with Gasteiger partial charge in [-0.05, 0) is 29.8 Å². The van der Waals surface area contributed by atoms with Crippen LogP contribution in [-0.2, 0) is 6.61 Å². The lowest BCUT2D eigenvalue weighted by Crippen LogP contribution is -1.97. The average molecular weight is 292 g/mol. The van der Waals surface area contributed by atoms with Crippen molar-refractivity contribution in [3.8, 4) is 17.6 Å². The molecule has 20 heavy (non-hydrogen) atoms. The van der Waals surface area contributed by atoms with Gasteiger partial charge in [0.05, 0.1) is 17.7 Å². The Morgan fingerprint density at radius 1 is 1.25 bits per heavy atom. The molecule has 0 heterocycles. The Labute approximate surface area is 121 Å². The van der Waals surface area contributed by atoms with Crippen LogP contribution in [0.25, 0.3) is 0 Å². The highest BCUT2D eigenvalue weighted by atomic mass is 35.5. The SMILES string of the molecule is COc1ccc(COc2ccc(C#N)c(Cl)c2)cc1F. The fourth-order valence-electron chi connectivity index (χ4n) is 1.64. The van der Waals surface area contributed by atoms with E-state index >= 15 is 0 Å². The van der Waals surface area contributed by atoms with Gasteiger partial charge in [0, 0.05) is 6.07 Å². The summed E-state index contributed by atoms with van der Waals surface area (Å²) in [6.07, 6.45) is 0. The molecule has 2 aromatic rings. The van der Waals surface area contributed by atoms with Crippen molar-refractivity contribution in [1.29, 1.82) is 5.26 Å². The molecular weight excluding hydrogens is 281 g/mol. The molecule has 0 radical (unpaired) electrons. The summed E-state index contributed by atoms with van der Waals surface area (Å²) in [6.45, 7) is 0.198. The van der Waals surface area contributed by atoms with E-state index < -0.39 is 5.82 Å². The minimum Gasteiger partial charge on any atom is -0.494 e. The molecule has 0 aromatic heterocycles. The lowest BCUT2D eigenvalue weighted by Gasteiger charge is -2.08. The Kier molecular flexibility index (Phi) is 4.44. The molecule has 0 saturated heterocycles. The van der Waals surface area contributed by atoms with Gasteiger partial charge in [0.15, 0.2) is 11.6 Å². The van der Waals surface area contributed by atoms with Crippen molar-refractivity contribution >= 4 is 11.6 Å². The molecule has 0 aliphatic heterocycles. The molecule has 0 fully saturated rings. The van der Waals surface area contributed by atoms with E-state index in [9.17, 15) is 4.39 Å². The van der Waals surface area contributed by atoms with Crippen molar-refractivity contribution in [2.24, 2.45) is 0 Å². The van der Waals surface area contributed by atoms with Crippen LogP contribution in [0.2, 0.25) is 5.02 Å². The number of rotatable bonds is 4. The van der Waals surface area contributed by atoms with Crippen LogP contribution >= 0.6 is 11.6 Å². The van der Waals surface area contributed by atoms with E-state index in [-0.39, 0.29) is 12.4 Å². The second-order valence-corrected chi connectivity index (χ2v) is 4.42. The van der Waals surface area contributed by atoms with Crippen LogP contribution in [-0.4, -0.2) is 7.11 Å². The molecule has 0 aliphatic rings. The van der Waals surface area contributed by atoms with E-state index in [1.807, 2.05) is 6.07 Å². The maximum Gasteiger partial charge on any atom is 0.165 e. The van der Waals surface area contributed by atoms with Gasteiger partial charge in [0.1, 0.15) is 18.4 Å². The predicted molar refractivity (Wildman–Crippen MR) is 73.5 cm³/mol. The number of nitrogens with zero attached hydrogens (tertiary/aromatic N) is 1. The summed E-state index contributed by atoms with van der Waals surface area (Å²) in [7, 11) is 1.41. The maximum atomic E-state index is 13.5. The Morgan fingerprint density at radius 2 is 2.05 bits per heavy atom. The first-order chi connectivity index (χ1) is 9.63. The van der Waals surface area contributed by atoms with E-state index in [1.165, 1.54) is 13.2 Å². The van der Waals surface area contributed by atoms with Gasteiger partial charge in [-0.1, -0.05) is 17.7 Å². The molecule has 0 N–H and O–H groups in total. The third-order valence-corrected chi connectivity index (χ3v) is 3.00. The van der Waals surface area contributed by atoms with Crippen LogP contribution in [0.4, 0.5) is 4.39 Å². The Morgan fingerprint density at radius 3 is 2.65 bits per heavy atom. The molecule has 0 spiro atoms. The molecular formula is C15H11ClFNO2. The number of ether oxygens (including phenoxy) is 2. The summed E-state index contributed by atoms with van der Waals surface area (Å²) in [5, 5.41) is 9.09. The van der Waals surface area contributed by atoms with Gasteiger partial charge in [0.2, 0.25) is 0 Å². The van der Waals surface area contributed by atoms with Crippen LogP contribution in [0.3, 0.4) is 0 Å². The molecule has 0 bridgehead atoms. The first-order valence-electron chi connectivity index (χ1n) is 5.79. The summed E-state index contributed by atoms with van der Waals surface area (Å²) in [6, 6.07) is 11.3. The summed E-state index contributed by atoms with van der Waals surface area (Å²) in [5.41, 5.74) is 1.05. The summed E-state index contributed by atoms with van der Waals surface area (Å²) in [5.74, 6) is 0.270. The first kappa shape index (κ1) is 14.2. The van der Waals surface area contributed by atoms with Crippen molar-refractivity contribution in [2.75, 3.05) is 7.11 Å². The minimum atomic E-state index is -0.438. The fourth-order valence-corrected chi connectivity index (χ4v) is 1.86. The fraction of sp³-hybridized carbons (Fsp3) is 0.133. The van der Waals surface area contributed by atoms with Crippen LogP contribution in [0.5, 0.6) is 11.5 Å². The van der Waals surface area contributed by atoms with Crippen molar-refractivity contribution in [1.82, 2.24) is 0 Å². The molecule has 102 valence electrons. The number of nitriles is 1. The van der Waals surface area contributed by atoms with E-state index in [0.29, 0.717) is 21.9 Å². The van der Waals surface area contributed by atoms with E-state index in [1.54, 1.807) is 30.3 Å². The van der Waals surface area contributed by atoms with Gasteiger partial charge in [-0.2, -0.15) is 5.26 Å². The quantitative estimate of drug-likeness (QED) is 0.857. The molecule has 0 aliphatic carbocycles.